The van der Waals surface area contributed by atoms with Gasteiger partial charge in [0.1, 0.15) is 12.1 Å². The number of rotatable bonds is 6. The van der Waals surface area contributed by atoms with Crippen molar-refractivity contribution >= 4 is 16.7 Å². The normalized spacial score (nSPS) is 11.9. The van der Waals surface area contributed by atoms with Crippen molar-refractivity contribution in [3.8, 4) is 0 Å². The fraction of sp³-hybridized carbons (Fsp3) is 0.176. The van der Waals surface area contributed by atoms with Gasteiger partial charge in [-0.2, -0.15) is 0 Å². The number of aromatic nitrogens is 2. The summed E-state index contributed by atoms with van der Waals surface area (Å²) in [7, 11) is 0. The molecular formula is C17H19N3. The molecule has 0 unspecified atom stereocenters. The summed E-state index contributed by atoms with van der Waals surface area (Å²) in [4.78, 5) is 8.57. The van der Waals surface area contributed by atoms with Crippen LogP contribution in [0.2, 0.25) is 0 Å². The Morgan fingerprint density at radius 2 is 2.15 bits per heavy atom. The van der Waals surface area contributed by atoms with Gasteiger partial charge >= 0.3 is 0 Å². The van der Waals surface area contributed by atoms with Crippen LogP contribution in [0.1, 0.15) is 13.3 Å². The fourth-order valence-corrected chi connectivity index (χ4v) is 2.06. The summed E-state index contributed by atoms with van der Waals surface area (Å²) in [6.07, 6.45) is 10.5. The standard InChI is InChI=1S/C17H19N3/c1-3-7-14(8-4-2)11-12-18-17-15-9-5-6-10-16(15)19-13-20-17/h3-10,13H,1,11-12H2,2H3,(H,18,19,20)/b8-4-,14-7+. The van der Waals surface area contributed by atoms with Gasteiger partial charge in [0, 0.05) is 11.9 Å². The highest BCUT2D eigenvalue weighted by Crippen LogP contribution is 2.18. The molecule has 1 aromatic heterocycles. The van der Waals surface area contributed by atoms with Gasteiger partial charge < -0.3 is 5.32 Å². The highest BCUT2D eigenvalue weighted by atomic mass is 15.0. The summed E-state index contributed by atoms with van der Waals surface area (Å²) in [5.74, 6) is 0.883. The number of nitrogens with one attached hydrogen (secondary N) is 1. The van der Waals surface area contributed by atoms with E-state index in [1.807, 2.05) is 49.4 Å². The highest BCUT2D eigenvalue weighted by molar-refractivity contribution is 5.88. The third kappa shape index (κ3) is 3.54. The maximum Gasteiger partial charge on any atom is 0.137 e. The third-order valence-electron chi connectivity index (χ3n) is 2.96. The summed E-state index contributed by atoms with van der Waals surface area (Å²) in [6.45, 7) is 6.58. The lowest BCUT2D eigenvalue weighted by molar-refractivity contribution is 1.01. The number of para-hydroxylation sites is 1. The Morgan fingerprint density at radius 1 is 1.30 bits per heavy atom. The van der Waals surface area contributed by atoms with Crippen LogP contribution in [0.4, 0.5) is 5.82 Å². The van der Waals surface area contributed by atoms with E-state index in [1.165, 1.54) is 5.57 Å². The molecule has 0 bridgehead atoms. The van der Waals surface area contributed by atoms with Crippen molar-refractivity contribution in [1.82, 2.24) is 9.97 Å². The van der Waals surface area contributed by atoms with Gasteiger partial charge in [0.2, 0.25) is 0 Å². The van der Waals surface area contributed by atoms with Crippen molar-refractivity contribution < 1.29 is 0 Å². The fourth-order valence-electron chi connectivity index (χ4n) is 2.06. The first-order valence-electron chi connectivity index (χ1n) is 6.73. The van der Waals surface area contributed by atoms with Gasteiger partial charge in [0.25, 0.3) is 0 Å². The van der Waals surface area contributed by atoms with Gasteiger partial charge in [-0.25, -0.2) is 9.97 Å². The Labute approximate surface area is 119 Å². The number of hydrogen-bond donors (Lipinski definition) is 1. The monoisotopic (exact) mass is 265 g/mol. The summed E-state index contributed by atoms with van der Waals surface area (Å²) in [5.41, 5.74) is 2.20. The Hall–Kier alpha value is -2.42. The van der Waals surface area contributed by atoms with Crippen LogP contribution in [-0.4, -0.2) is 16.5 Å². The molecule has 0 amide bonds. The van der Waals surface area contributed by atoms with E-state index in [9.17, 15) is 0 Å². The van der Waals surface area contributed by atoms with E-state index < -0.39 is 0 Å². The van der Waals surface area contributed by atoms with E-state index in [0.717, 1.165) is 29.7 Å². The average molecular weight is 265 g/mol. The van der Waals surface area contributed by atoms with Crippen LogP contribution in [0.5, 0.6) is 0 Å². The number of fused-ring (bicyclic) bond motifs is 1. The van der Waals surface area contributed by atoms with Crippen molar-refractivity contribution in [3.05, 3.63) is 67.0 Å². The Kier molecular flexibility index (Phi) is 5.07. The van der Waals surface area contributed by atoms with Gasteiger partial charge in [-0.3, -0.25) is 0 Å². The highest BCUT2D eigenvalue weighted by Gasteiger charge is 2.01. The zero-order chi connectivity index (χ0) is 14.2. The van der Waals surface area contributed by atoms with Crippen LogP contribution in [0, 0.1) is 0 Å². The molecule has 0 aliphatic heterocycles. The minimum atomic E-state index is 0.824. The first kappa shape index (κ1) is 14.0. The van der Waals surface area contributed by atoms with Gasteiger partial charge in [0.15, 0.2) is 0 Å². The lowest BCUT2D eigenvalue weighted by atomic mass is 10.1. The van der Waals surface area contributed by atoms with Crippen molar-refractivity contribution in [2.75, 3.05) is 11.9 Å². The van der Waals surface area contributed by atoms with Crippen molar-refractivity contribution in [1.29, 1.82) is 0 Å². The topological polar surface area (TPSA) is 37.8 Å². The van der Waals surface area contributed by atoms with Crippen LogP contribution in [-0.2, 0) is 0 Å². The summed E-state index contributed by atoms with van der Waals surface area (Å²) < 4.78 is 0. The quantitative estimate of drug-likeness (QED) is 0.798. The first-order chi connectivity index (χ1) is 9.85. The van der Waals surface area contributed by atoms with Crippen LogP contribution in [0.3, 0.4) is 0 Å². The van der Waals surface area contributed by atoms with E-state index in [-0.39, 0.29) is 0 Å². The van der Waals surface area contributed by atoms with Crippen molar-refractivity contribution in [3.63, 3.8) is 0 Å². The lowest BCUT2D eigenvalue weighted by Crippen LogP contribution is -2.05. The molecular weight excluding hydrogens is 246 g/mol. The molecule has 0 saturated heterocycles. The number of anilines is 1. The molecule has 3 heteroatoms. The summed E-state index contributed by atoms with van der Waals surface area (Å²) in [6, 6.07) is 8.00. The van der Waals surface area contributed by atoms with Gasteiger partial charge in [0.05, 0.1) is 5.52 Å². The molecule has 1 N–H and O–H groups in total. The third-order valence-corrected chi connectivity index (χ3v) is 2.96. The second-order valence-corrected chi connectivity index (χ2v) is 4.39. The molecule has 3 nitrogen and oxygen atoms in total. The number of benzene rings is 1. The van der Waals surface area contributed by atoms with Gasteiger partial charge in [-0.15, -0.1) is 0 Å². The zero-order valence-electron chi connectivity index (χ0n) is 11.7. The molecule has 0 saturated carbocycles. The SMILES string of the molecule is C=C/C=C(\C=C/C)CCNc1ncnc2ccccc12. The van der Waals surface area contributed by atoms with Crippen LogP contribution >= 0.6 is 0 Å². The van der Waals surface area contributed by atoms with E-state index in [1.54, 1.807) is 6.33 Å². The van der Waals surface area contributed by atoms with E-state index in [4.69, 9.17) is 0 Å². The molecule has 0 spiro atoms. The molecule has 1 aromatic carbocycles. The maximum atomic E-state index is 4.32. The predicted octanol–water partition coefficient (Wildman–Crippen LogP) is 4.12. The Balaban J connectivity index is 2.06. The summed E-state index contributed by atoms with van der Waals surface area (Å²) >= 11 is 0. The van der Waals surface area contributed by atoms with Crippen LogP contribution < -0.4 is 5.32 Å². The predicted molar refractivity (Wildman–Crippen MR) is 85.7 cm³/mol. The average Bonchev–Trinajstić information content (AvgIpc) is 2.48. The smallest absolute Gasteiger partial charge is 0.137 e. The molecule has 0 aliphatic rings. The molecule has 0 aliphatic carbocycles. The maximum absolute atomic E-state index is 4.32. The van der Waals surface area contributed by atoms with Crippen molar-refractivity contribution in [2.24, 2.45) is 0 Å². The van der Waals surface area contributed by atoms with Crippen LogP contribution in [0.15, 0.2) is 67.0 Å². The first-order valence-corrected chi connectivity index (χ1v) is 6.73. The zero-order valence-corrected chi connectivity index (χ0v) is 11.7. The van der Waals surface area contributed by atoms with E-state index >= 15 is 0 Å². The number of hydrogen-bond acceptors (Lipinski definition) is 3. The number of nitrogens with zero attached hydrogens (tertiary/aromatic N) is 2. The molecule has 1 heterocycles. The molecule has 20 heavy (non-hydrogen) atoms. The minimum absolute atomic E-state index is 0.824. The molecule has 0 fully saturated rings. The Bertz CT molecular complexity index is 636. The van der Waals surface area contributed by atoms with Crippen molar-refractivity contribution in [2.45, 2.75) is 13.3 Å². The molecule has 2 rings (SSSR count). The Morgan fingerprint density at radius 3 is 2.95 bits per heavy atom. The largest absolute Gasteiger partial charge is 0.369 e. The molecule has 0 atom stereocenters. The summed E-state index contributed by atoms with van der Waals surface area (Å²) in [5, 5.41) is 4.43. The van der Waals surface area contributed by atoms with E-state index in [0.29, 0.717) is 0 Å². The van der Waals surface area contributed by atoms with E-state index in [2.05, 4.69) is 27.9 Å². The second-order valence-electron chi connectivity index (χ2n) is 4.39. The molecule has 0 radical (unpaired) electrons. The number of allylic oxidation sites excluding steroid dienone is 4. The van der Waals surface area contributed by atoms with Crippen LogP contribution in [0.25, 0.3) is 10.9 Å². The molecule has 2 aromatic rings. The lowest BCUT2D eigenvalue weighted by Gasteiger charge is -2.08. The second kappa shape index (κ2) is 7.24. The van der Waals surface area contributed by atoms with Gasteiger partial charge in [-0.1, -0.05) is 43.0 Å². The van der Waals surface area contributed by atoms with Gasteiger partial charge in [-0.05, 0) is 31.1 Å². The minimum Gasteiger partial charge on any atom is -0.369 e. The molecule has 102 valence electrons.